The fourth-order valence-electron chi connectivity index (χ4n) is 1.51. The van der Waals surface area contributed by atoms with Gasteiger partial charge in [0.25, 0.3) is 0 Å². The fourth-order valence-corrected chi connectivity index (χ4v) is 1.51. The quantitative estimate of drug-likeness (QED) is 0.855. The van der Waals surface area contributed by atoms with Gasteiger partial charge >= 0.3 is 5.97 Å². The van der Waals surface area contributed by atoms with Gasteiger partial charge < -0.3 is 9.84 Å². The number of aromatic nitrogens is 3. The zero-order valence-electron chi connectivity index (χ0n) is 13.4. The van der Waals surface area contributed by atoms with Gasteiger partial charge in [-0.05, 0) is 40.5 Å². The molecule has 1 heterocycles. The molecule has 0 aliphatic carbocycles. The van der Waals surface area contributed by atoms with E-state index in [0.717, 1.165) is 0 Å². The van der Waals surface area contributed by atoms with Crippen molar-refractivity contribution in [2.24, 2.45) is 5.92 Å². The van der Waals surface area contributed by atoms with Crippen molar-refractivity contribution in [3.8, 4) is 0 Å². The SMILES string of the molecule is Cc1c(C(=O)OC(C)(C)C)nnn1CC(C)(O)C(C)C. The van der Waals surface area contributed by atoms with Crippen LogP contribution in [0, 0.1) is 12.8 Å². The summed E-state index contributed by atoms with van der Waals surface area (Å²) < 4.78 is 6.82. The summed E-state index contributed by atoms with van der Waals surface area (Å²) in [4.78, 5) is 12.0. The van der Waals surface area contributed by atoms with Crippen LogP contribution in [0.1, 0.15) is 57.7 Å². The highest BCUT2D eigenvalue weighted by Gasteiger charge is 2.29. The molecule has 0 aliphatic rings. The molecule has 0 aromatic carbocycles. The molecule has 6 heteroatoms. The Morgan fingerprint density at radius 3 is 2.35 bits per heavy atom. The van der Waals surface area contributed by atoms with Crippen LogP contribution in [0.2, 0.25) is 0 Å². The Kier molecular flexibility index (Phi) is 4.59. The highest BCUT2D eigenvalue weighted by molar-refractivity contribution is 5.88. The topological polar surface area (TPSA) is 77.2 Å². The molecule has 0 amide bonds. The lowest BCUT2D eigenvalue weighted by atomic mass is 9.92. The fraction of sp³-hybridized carbons (Fsp3) is 0.786. The molecule has 1 aromatic heterocycles. The number of hydrogen-bond donors (Lipinski definition) is 1. The highest BCUT2D eigenvalue weighted by atomic mass is 16.6. The van der Waals surface area contributed by atoms with E-state index >= 15 is 0 Å². The second-order valence-electron chi connectivity index (χ2n) is 6.69. The van der Waals surface area contributed by atoms with Crippen molar-refractivity contribution in [1.29, 1.82) is 0 Å². The van der Waals surface area contributed by atoms with Crippen molar-refractivity contribution in [2.75, 3.05) is 0 Å². The standard InChI is InChI=1S/C14H25N3O3/c1-9(2)14(7,19)8-17-10(3)11(15-16-17)12(18)20-13(4,5)6/h9,19H,8H2,1-7H3. The Hall–Kier alpha value is -1.43. The summed E-state index contributed by atoms with van der Waals surface area (Å²) in [7, 11) is 0. The smallest absolute Gasteiger partial charge is 0.361 e. The third-order valence-corrected chi connectivity index (χ3v) is 3.29. The average Bonchev–Trinajstić information content (AvgIpc) is 2.57. The first-order valence-corrected chi connectivity index (χ1v) is 6.80. The van der Waals surface area contributed by atoms with Crippen LogP contribution in [-0.2, 0) is 11.3 Å². The number of hydrogen-bond acceptors (Lipinski definition) is 5. The monoisotopic (exact) mass is 283 g/mol. The Labute approximate surface area is 120 Å². The minimum atomic E-state index is -0.913. The highest BCUT2D eigenvalue weighted by Crippen LogP contribution is 2.20. The molecule has 1 N–H and O–H groups in total. The van der Waals surface area contributed by atoms with E-state index in [0.29, 0.717) is 5.69 Å². The van der Waals surface area contributed by atoms with E-state index in [1.54, 1.807) is 39.3 Å². The Morgan fingerprint density at radius 1 is 1.35 bits per heavy atom. The number of nitrogens with zero attached hydrogens (tertiary/aromatic N) is 3. The van der Waals surface area contributed by atoms with Crippen LogP contribution >= 0.6 is 0 Å². The minimum absolute atomic E-state index is 0.0658. The summed E-state index contributed by atoms with van der Waals surface area (Å²) in [5, 5.41) is 18.1. The van der Waals surface area contributed by atoms with E-state index in [2.05, 4.69) is 10.3 Å². The number of carbonyl (C=O) groups excluding carboxylic acids is 1. The van der Waals surface area contributed by atoms with Gasteiger partial charge in [-0.25, -0.2) is 9.48 Å². The maximum atomic E-state index is 12.0. The number of ether oxygens (including phenoxy) is 1. The third kappa shape index (κ3) is 4.03. The van der Waals surface area contributed by atoms with E-state index in [9.17, 15) is 9.90 Å². The van der Waals surface area contributed by atoms with Crippen LogP contribution in [-0.4, -0.2) is 37.3 Å². The summed E-state index contributed by atoms with van der Waals surface area (Å²) in [5.41, 5.74) is -0.694. The van der Waals surface area contributed by atoms with Gasteiger partial charge in [0.1, 0.15) is 5.60 Å². The Balaban J connectivity index is 2.93. The average molecular weight is 283 g/mol. The Bertz CT molecular complexity index is 484. The molecule has 1 aromatic rings. The molecule has 114 valence electrons. The summed E-state index contributed by atoms with van der Waals surface area (Å²) in [5.74, 6) is -0.429. The van der Waals surface area contributed by atoms with Gasteiger partial charge in [0.15, 0.2) is 5.69 Å². The largest absolute Gasteiger partial charge is 0.455 e. The molecule has 1 rings (SSSR count). The molecule has 0 spiro atoms. The van der Waals surface area contributed by atoms with Crippen molar-refractivity contribution >= 4 is 5.97 Å². The van der Waals surface area contributed by atoms with Gasteiger partial charge in [-0.1, -0.05) is 19.1 Å². The van der Waals surface area contributed by atoms with Gasteiger partial charge in [0.05, 0.1) is 17.8 Å². The lowest BCUT2D eigenvalue weighted by Crippen LogP contribution is -2.37. The summed E-state index contributed by atoms with van der Waals surface area (Å²) in [6.07, 6.45) is 0. The first-order chi connectivity index (χ1) is 8.94. The van der Waals surface area contributed by atoms with Crippen LogP contribution in [0.5, 0.6) is 0 Å². The van der Waals surface area contributed by atoms with E-state index in [1.165, 1.54) is 0 Å². The lowest BCUT2D eigenvalue weighted by molar-refractivity contribution is -0.00683. The van der Waals surface area contributed by atoms with Crippen LogP contribution in [0.3, 0.4) is 0 Å². The molecule has 0 saturated carbocycles. The van der Waals surface area contributed by atoms with E-state index in [4.69, 9.17) is 4.74 Å². The molecule has 0 saturated heterocycles. The van der Waals surface area contributed by atoms with E-state index in [-0.39, 0.29) is 18.2 Å². The molecule has 6 nitrogen and oxygen atoms in total. The normalized spacial score (nSPS) is 15.2. The zero-order valence-corrected chi connectivity index (χ0v) is 13.4. The van der Waals surface area contributed by atoms with Gasteiger partial charge in [-0.2, -0.15) is 0 Å². The maximum Gasteiger partial charge on any atom is 0.361 e. The van der Waals surface area contributed by atoms with Gasteiger partial charge in [-0.15, -0.1) is 5.10 Å². The molecule has 1 atom stereocenters. The van der Waals surface area contributed by atoms with Crippen molar-refractivity contribution in [2.45, 2.75) is 66.2 Å². The molecule has 0 aliphatic heterocycles. The molecule has 1 unspecified atom stereocenters. The van der Waals surface area contributed by atoms with Crippen molar-refractivity contribution in [3.05, 3.63) is 11.4 Å². The second kappa shape index (κ2) is 5.52. The number of aliphatic hydroxyl groups is 1. The van der Waals surface area contributed by atoms with Gasteiger partial charge in [0, 0.05) is 0 Å². The lowest BCUT2D eigenvalue weighted by Gasteiger charge is -2.27. The summed E-state index contributed by atoms with van der Waals surface area (Å²) in [6, 6.07) is 0. The molecule has 0 bridgehead atoms. The van der Waals surface area contributed by atoms with Crippen LogP contribution in [0.4, 0.5) is 0 Å². The van der Waals surface area contributed by atoms with Crippen LogP contribution in [0.15, 0.2) is 0 Å². The summed E-state index contributed by atoms with van der Waals surface area (Å²) >= 11 is 0. The summed E-state index contributed by atoms with van der Waals surface area (Å²) in [6.45, 7) is 13.0. The Morgan fingerprint density at radius 2 is 1.90 bits per heavy atom. The van der Waals surface area contributed by atoms with Gasteiger partial charge in [-0.3, -0.25) is 0 Å². The minimum Gasteiger partial charge on any atom is -0.455 e. The van der Waals surface area contributed by atoms with Crippen LogP contribution < -0.4 is 0 Å². The molecule has 0 fully saturated rings. The zero-order chi connectivity index (χ0) is 15.7. The first-order valence-electron chi connectivity index (χ1n) is 6.80. The molecular formula is C14H25N3O3. The van der Waals surface area contributed by atoms with E-state index < -0.39 is 17.2 Å². The first kappa shape index (κ1) is 16.6. The van der Waals surface area contributed by atoms with E-state index in [1.807, 2.05) is 13.8 Å². The van der Waals surface area contributed by atoms with Crippen LogP contribution in [0.25, 0.3) is 0 Å². The molecular weight excluding hydrogens is 258 g/mol. The van der Waals surface area contributed by atoms with Crippen molar-refractivity contribution in [3.63, 3.8) is 0 Å². The molecule has 0 radical (unpaired) electrons. The predicted octanol–water partition coefficient (Wildman–Crippen LogP) is 1.95. The van der Waals surface area contributed by atoms with Crippen molar-refractivity contribution < 1.29 is 14.6 Å². The third-order valence-electron chi connectivity index (χ3n) is 3.29. The van der Waals surface area contributed by atoms with Gasteiger partial charge in [0.2, 0.25) is 0 Å². The number of carbonyl (C=O) groups is 1. The number of esters is 1. The second-order valence-corrected chi connectivity index (χ2v) is 6.69. The number of rotatable bonds is 4. The predicted molar refractivity (Wildman–Crippen MR) is 75.4 cm³/mol. The van der Waals surface area contributed by atoms with Crippen molar-refractivity contribution in [1.82, 2.24) is 15.0 Å². The maximum absolute atomic E-state index is 12.0. The molecule has 20 heavy (non-hydrogen) atoms.